The number of fused-ring (bicyclic) bond motifs is 1. The molecule has 1 aliphatic heterocycles. The summed E-state index contributed by atoms with van der Waals surface area (Å²) in [6.07, 6.45) is 0.218. The molecule has 1 amide bonds. The van der Waals surface area contributed by atoms with Gasteiger partial charge in [0.15, 0.2) is 9.84 Å². The number of sulfone groups is 1. The Kier molecular flexibility index (Phi) is 6.16. The van der Waals surface area contributed by atoms with Gasteiger partial charge in [0.05, 0.1) is 23.7 Å². The van der Waals surface area contributed by atoms with Gasteiger partial charge in [-0.25, -0.2) is 18.2 Å². The lowest BCUT2D eigenvalue weighted by Crippen LogP contribution is -2.20. The first-order chi connectivity index (χ1) is 14.8. The normalized spacial score (nSPS) is 14.6. The largest absolute Gasteiger partial charge is 0.462 e. The summed E-state index contributed by atoms with van der Waals surface area (Å²) < 4.78 is 29.2. The highest BCUT2D eigenvalue weighted by atomic mass is 35.5. The van der Waals surface area contributed by atoms with Gasteiger partial charge in [-0.1, -0.05) is 23.7 Å². The Hall–Kier alpha value is -2.27. The molecule has 3 aromatic rings. The van der Waals surface area contributed by atoms with E-state index in [4.69, 9.17) is 16.3 Å². The summed E-state index contributed by atoms with van der Waals surface area (Å²) in [6.45, 7) is 1.86. The zero-order valence-corrected chi connectivity index (χ0v) is 19.5. The van der Waals surface area contributed by atoms with Crippen molar-refractivity contribution in [2.75, 3.05) is 17.7 Å². The van der Waals surface area contributed by atoms with Gasteiger partial charge in [0, 0.05) is 20.8 Å². The molecule has 1 N–H and O–H groups in total. The van der Waals surface area contributed by atoms with Gasteiger partial charge in [-0.2, -0.15) is 0 Å². The van der Waals surface area contributed by atoms with Crippen LogP contribution in [-0.2, 0) is 26.7 Å². The van der Waals surface area contributed by atoms with Crippen LogP contribution in [0.3, 0.4) is 0 Å². The predicted octanol–water partition coefficient (Wildman–Crippen LogP) is 4.42. The van der Waals surface area contributed by atoms with E-state index < -0.39 is 21.7 Å². The monoisotopic (exact) mass is 496 g/mol. The second-order valence-corrected chi connectivity index (χ2v) is 11.4. The molecule has 0 atom stereocenters. The Morgan fingerprint density at radius 3 is 2.71 bits per heavy atom. The van der Waals surface area contributed by atoms with Gasteiger partial charge in [-0.3, -0.25) is 4.79 Å². The molecule has 0 fully saturated rings. The molecule has 0 unspecified atom stereocenters. The van der Waals surface area contributed by atoms with Crippen molar-refractivity contribution in [3.63, 3.8) is 0 Å². The molecule has 0 saturated carbocycles. The fourth-order valence-electron chi connectivity index (χ4n) is 3.20. The number of carbonyl (C=O) groups is 2. The fourth-order valence-corrected chi connectivity index (χ4v) is 7.17. The molecule has 7 nitrogen and oxygen atoms in total. The number of anilines is 1. The number of hydrogen-bond donors (Lipinski definition) is 1. The first-order valence-electron chi connectivity index (χ1n) is 9.32. The van der Waals surface area contributed by atoms with Crippen LogP contribution >= 0.6 is 34.3 Å². The number of esters is 1. The summed E-state index contributed by atoms with van der Waals surface area (Å²) in [7, 11) is -3.22. The third kappa shape index (κ3) is 4.67. The number of thiophene rings is 1. The summed E-state index contributed by atoms with van der Waals surface area (Å²) >= 11 is 8.32. The van der Waals surface area contributed by atoms with E-state index in [0.29, 0.717) is 20.5 Å². The summed E-state index contributed by atoms with van der Waals surface area (Å²) in [5.74, 6) is -1.24. The van der Waals surface area contributed by atoms with Crippen molar-refractivity contribution in [3.05, 3.63) is 56.4 Å². The van der Waals surface area contributed by atoms with E-state index in [0.717, 1.165) is 16.9 Å². The van der Waals surface area contributed by atoms with Crippen LogP contribution in [0.1, 0.15) is 38.2 Å². The average Bonchev–Trinajstić information content (AvgIpc) is 3.32. The Balaban J connectivity index is 1.63. The topological polar surface area (TPSA) is 102 Å². The minimum absolute atomic E-state index is 0.0347. The molecule has 4 rings (SSSR count). The zero-order valence-electron chi connectivity index (χ0n) is 16.3. The first-order valence-corrected chi connectivity index (χ1v) is 13.2. The fraction of sp³-hybridized carbons (Fsp3) is 0.250. The third-order valence-corrected chi connectivity index (χ3v) is 8.67. The molecule has 0 aliphatic carbocycles. The molecule has 1 aromatic carbocycles. The summed E-state index contributed by atoms with van der Waals surface area (Å²) in [6, 6.07) is 7.12. The minimum Gasteiger partial charge on any atom is -0.462 e. The van der Waals surface area contributed by atoms with Crippen molar-refractivity contribution in [2.24, 2.45) is 0 Å². The molecule has 0 bridgehead atoms. The summed E-state index contributed by atoms with van der Waals surface area (Å²) in [5.41, 5.74) is 1.90. The van der Waals surface area contributed by atoms with Gasteiger partial charge >= 0.3 is 5.97 Å². The number of carbonyl (C=O) groups excluding carboxylic acids is 2. The Bertz CT molecular complexity index is 1260. The highest BCUT2D eigenvalue weighted by Gasteiger charge is 2.32. The molecule has 3 heterocycles. The van der Waals surface area contributed by atoms with Gasteiger partial charge in [0.1, 0.15) is 15.7 Å². The smallest absolute Gasteiger partial charge is 0.341 e. The van der Waals surface area contributed by atoms with E-state index in [1.165, 1.54) is 11.3 Å². The van der Waals surface area contributed by atoms with Crippen LogP contribution < -0.4 is 5.32 Å². The summed E-state index contributed by atoms with van der Waals surface area (Å²) in [5, 5.41) is 5.90. The van der Waals surface area contributed by atoms with Crippen LogP contribution in [0.5, 0.6) is 0 Å². The molecule has 162 valence electrons. The number of hydrogen-bond acceptors (Lipinski definition) is 8. The maximum Gasteiger partial charge on any atom is 0.341 e. The molecular formula is C20H17ClN2O5S3. The van der Waals surface area contributed by atoms with Gasteiger partial charge in [0.25, 0.3) is 5.91 Å². The number of rotatable bonds is 5. The van der Waals surface area contributed by atoms with Crippen LogP contribution in [0.4, 0.5) is 5.00 Å². The molecule has 31 heavy (non-hydrogen) atoms. The second kappa shape index (κ2) is 8.70. The maximum atomic E-state index is 12.8. The van der Waals surface area contributed by atoms with E-state index in [1.807, 2.05) is 12.1 Å². The van der Waals surface area contributed by atoms with Crippen molar-refractivity contribution >= 4 is 61.0 Å². The Morgan fingerprint density at radius 2 is 2.00 bits per heavy atom. The number of aromatic nitrogens is 1. The van der Waals surface area contributed by atoms with E-state index >= 15 is 0 Å². The van der Waals surface area contributed by atoms with E-state index in [1.54, 1.807) is 24.4 Å². The van der Waals surface area contributed by atoms with Crippen LogP contribution in [-0.4, -0.2) is 37.6 Å². The highest BCUT2D eigenvalue weighted by molar-refractivity contribution is 7.90. The van der Waals surface area contributed by atoms with Gasteiger partial charge in [-0.15, -0.1) is 22.7 Å². The van der Waals surface area contributed by atoms with Crippen LogP contribution in [0, 0.1) is 0 Å². The standard InChI is InChI=1S/C20H17ClN2O5S3/c1-2-28-20(25)16-13-7-8-31(26,27)10-15(13)30-19(16)23-17(24)14-9-29-18(22-14)11-3-5-12(21)6-4-11/h3-6,9H,2,7-8,10H2,1H3,(H,23,24). The zero-order chi connectivity index (χ0) is 22.2. The summed E-state index contributed by atoms with van der Waals surface area (Å²) in [4.78, 5) is 30.3. The quantitative estimate of drug-likeness (QED) is 0.524. The van der Waals surface area contributed by atoms with Crippen molar-refractivity contribution in [3.8, 4) is 10.6 Å². The number of ether oxygens (including phenoxy) is 1. The van der Waals surface area contributed by atoms with Crippen LogP contribution in [0.15, 0.2) is 29.6 Å². The minimum atomic E-state index is -3.22. The molecule has 1 aliphatic rings. The molecule has 0 radical (unpaired) electrons. The molecule has 2 aromatic heterocycles. The highest BCUT2D eigenvalue weighted by Crippen LogP contribution is 2.38. The van der Waals surface area contributed by atoms with E-state index in [9.17, 15) is 18.0 Å². The second-order valence-electron chi connectivity index (χ2n) is 6.77. The molecular weight excluding hydrogens is 480 g/mol. The number of nitrogens with one attached hydrogen (secondary N) is 1. The van der Waals surface area contributed by atoms with Crippen LogP contribution in [0.25, 0.3) is 10.6 Å². The lowest BCUT2D eigenvalue weighted by molar-refractivity contribution is 0.0527. The van der Waals surface area contributed by atoms with Crippen LogP contribution in [0.2, 0.25) is 5.02 Å². The number of nitrogens with zero attached hydrogens (tertiary/aromatic N) is 1. The Labute approximate surface area is 192 Å². The maximum absolute atomic E-state index is 12.8. The molecule has 0 spiro atoms. The van der Waals surface area contributed by atoms with Gasteiger partial charge in [-0.05, 0) is 31.0 Å². The third-order valence-electron chi connectivity index (χ3n) is 4.64. The van der Waals surface area contributed by atoms with Gasteiger partial charge < -0.3 is 10.1 Å². The number of thiazole rings is 1. The lowest BCUT2D eigenvalue weighted by Gasteiger charge is -2.13. The molecule has 0 saturated heterocycles. The van der Waals surface area contributed by atoms with Gasteiger partial charge in [0.2, 0.25) is 0 Å². The molecule has 11 heteroatoms. The first kappa shape index (κ1) is 21.9. The Morgan fingerprint density at radius 1 is 1.26 bits per heavy atom. The van der Waals surface area contributed by atoms with Crippen molar-refractivity contribution < 1.29 is 22.7 Å². The number of amides is 1. The van der Waals surface area contributed by atoms with Crippen molar-refractivity contribution in [1.29, 1.82) is 0 Å². The predicted molar refractivity (Wildman–Crippen MR) is 122 cm³/mol. The average molecular weight is 497 g/mol. The van der Waals surface area contributed by atoms with Crippen molar-refractivity contribution in [1.82, 2.24) is 4.98 Å². The lowest BCUT2D eigenvalue weighted by atomic mass is 10.1. The van der Waals surface area contributed by atoms with E-state index in [2.05, 4.69) is 10.3 Å². The van der Waals surface area contributed by atoms with E-state index in [-0.39, 0.29) is 40.8 Å². The number of halogens is 1. The SMILES string of the molecule is CCOC(=O)c1c(NC(=O)c2csc(-c3ccc(Cl)cc3)n2)sc2c1CCS(=O)(=O)C2. The number of benzene rings is 1. The van der Waals surface area contributed by atoms with Crippen molar-refractivity contribution in [2.45, 2.75) is 19.1 Å².